The van der Waals surface area contributed by atoms with Crippen molar-refractivity contribution in [2.75, 3.05) is 7.11 Å². The Bertz CT molecular complexity index is 1200. The highest BCUT2D eigenvalue weighted by Crippen LogP contribution is 2.31. The zero-order chi connectivity index (χ0) is 21.8. The molecule has 0 aromatic heterocycles. The number of aryl methyl sites for hydroxylation is 1. The fraction of sp³-hybridized carbons (Fsp3) is 0.120. The molecular weight excluding hydrogens is 397 g/mol. The van der Waals surface area contributed by atoms with Gasteiger partial charge >= 0.3 is 5.97 Å². The van der Waals surface area contributed by atoms with Gasteiger partial charge in [-0.1, -0.05) is 42.5 Å². The van der Waals surface area contributed by atoms with Crippen molar-refractivity contribution in [2.24, 2.45) is 4.99 Å². The van der Waals surface area contributed by atoms with E-state index in [1.165, 1.54) is 12.1 Å². The highest BCUT2D eigenvalue weighted by atomic mass is 19.1. The van der Waals surface area contributed by atoms with Gasteiger partial charge in [-0.15, -0.1) is 0 Å². The first-order valence-electron chi connectivity index (χ1n) is 9.68. The number of carbonyl (C=O) groups is 1. The van der Waals surface area contributed by atoms with Gasteiger partial charge in [-0.3, -0.25) is 0 Å². The van der Waals surface area contributed by atoms with Crippen molar-refractivity contribution in [3.05, 3.63) is 100 Å². The van der Waals surface area contributed by atoms with Crippen LogP contribution in [0.4, 0.5) is 4.39 Å². The summed E-state index contributed by atoms with van der Waals surface area (Å²) in [4.78, 5) is 16.4. The first-order chi connectivity index (χ1) is 15.0. The molecule has 0 bridgehead atoms. The number of hydrogen-bond donors (Lipinski definition) is 0. The molecule has 0 spiro atoms. The zero-order valence-corrected chi connectivity index (χ0v) is 17.1. The molecule has 1 aliphatic rings. The van der Waals surface area contributed by atoms with Gasteiger partial charge in [-0.2, -0.15) is 0 Å². The summed E-state index contributed by atoms with van der Waals surface area (Å²) in [7, 11) is 1.55. The summed E-state index contributed by atoms with van der Waals surface area (Å²) in [6, 6.07) is 19.3. The number of benzene rings is 3. The van der Waals surface area contributed by atoms with Crippen molar-refractivity contribution < 1.29 is 23.4 Å². The third-order valence-corrected chi connectivity index (χ3v) is 4.86. The fourth-order valence-corrected chi connectivity index (χ4v) is 3.14. The van der Waals surface area contributed by atoms with Crippen molar-refractivity contribution in [2.45, 2.75) is 13.5 Å². The Balaban J connectivity index is 1.56. The molecule has 3 aromatic carbocycles. The Morgan fingerprint density at radius 1 is 1.03 bits per heavy atom. The number of carbonyl (C=O) groups excluding carboxylic acids is 1. The lowest BCUT2D eigenvalue weighted by Gasteiger charge is -2.12. The van der Waals surface area contributed by atoms with Crippen LogP contribution in [0.5, 0.6) is 11.5 Å². The Morgan fingerprint density at radius 2 is 1.81 bits per heavy atom. The van der Waals surface area contributed by atoms with Gasteiger partial charge in [0, 0.05) is 0 Å². The van der Waals surface area contributed by atoms with E-state index in [2.05, 4.69) is 4.99 Å². The van der Waals surface area contributed by atoms with E-state index >= 15 is 0 Å². The molecule has 0 saturated carbocycles. The average molecular weight is 417 g/mol. The minimum atomic E-state index is -0.642. The maximum Gasteiger partial charge on any atom is 0.363 e. The Hall–Kier alpha value is -3.93. The normalized spacial score (nSPS) is 14.4. The monoisotopic (exact) mass is 417 g/mol. The van der Waals surface area contributed by atoms with Gasteiger partial charge in [0.05, 0.1) is 12.7 Å². The van der Waals surface area contributed by atoms with Crippen LogP contribution in [-0.4, -0.2) is 19.0 Å². The van der Waals surface area contributed by atoms with E-state index in [0.717, 1.165) is 11.1 Å². The van der Waals surface area contributed by atoms with Gasteiger partial charge in [0.1, 0.15) is 12.4 Å². The molecule has 0 aliphatic carbocycles. The smallest absolute Gasteiger partial charge is 0.363 e. The molecule has 0 unspecified atom stereocenters. The van der Waals surface area contributed by atoms with E-state index in [1.54, 1.807) is 43.5 Å². The van der Waals surface area contributed by atoms with E-state index < -0.39 is 11.8 Å². The van der Waals surface area contributed by atoms with Crippen molar-refractivity contribution in [1.29, 1.82) is 0 Å². The number of nitrogens with zero attached hydrogens (tertiary/aromatic N) is 1. The molecule has 6 heteroatoms. The van der Waals surface area contributed by atoms with Gasteiger partial charge in [0.15, 0.2) is 17.2 Å². The lowest BCUT2D eigenvalue weighted by atomic mass is 10.1. The molecule has 31 heavy (non-hydrogen) atoms. The molecule has 0 atom stereocenters. The molecule has 5 nitrogen and oxygen atoms in total. The molecule has 0 radical (unpaired) electrons. The molecule has 0 fully saturated rings. The third-order valence-electron chi connectivity index (χ3n) is 4.86. The van der Waals surface area contributed by atoms with Crippen molar-refractivity contribution in [3.63, 3.8) is 0 Å². The van der Waals surface area contributed by atoms with Gasteiger partial charge in [-0.05, 0) is 54.0 Å². The Morgan fingerprint density at radius 3 is 2.58 bits per heavy atom. The number of ether oxygens (including phenoxy) is 3. The van der Waals surface area contributed by atoms with Crippen LogP contribution < -0.4 is 9.47 Å². The molecule has 0 saturated heterocycles. The maximum atomic E-state index is 14.0. The molecular formula is C25H20FNO4. The summed E-state index contributed by atoms with van der Waals surface area (Å²) in [5, 5.41) is 0. The minimum Gasteiger partial charge on any atom is -0.493 e. The summed E-state index contributed by atoms with van der Waals surface area (Å²) in [6.07, 6.45) is 1.56. The molecule has 4 rings (SSSR count). The van der Waals surface area contributed by atoms with Crippen LogP contribution in [0.25, 0.3) is 6.08 Å². The van der Waals surface area contributed by atoms with E-state index in [1.807, 2.05) is 31.2 Å². The van der Waals surface area contributed by atoms with Crippen LogP contribution in [0.1, 0.15) is 22.3 Å². The van der Waals surface area contributed by atoms with E-state index in [4.69, 9.17) is 14.2 Å². The fourth-order valence-electron chi connectivity index (χ4n) is 3.14. The van der Waals surface area contributed by atoms with Crippen LogP contribution in [0.3, 0.4) is 0 Å². The predicted molar refractivity (Wildman–Crippen MR) is 116 cm³/mol. The van der Waals surface area contributed by atoms with Crippen LogP contribution in [0.2, 0.25) is 0 Å². The number of hydrogen-bond acceptors (Lipinski definition) is 5. The highest BCUT2D eigenvalue weighted by Gasteiger charge is 2.26. The summed E-state index contributed by atoms with van der Waals surface area (Å²) in [5.74, 6) is -0.103. The average Bonchev–Trinajstić information content (AvgIpc) is 3.13. The molecule has 1 heterocycles. The largest absolute Gasteiger partial charge is 0.493 e. The molecule has 0 amide bonds. The van der Waals surface area contributed by atoms with Crippen LogP contribution in [0, 0.1) is 12.7 Å². The predicted octanol–water partition coefficient (Wildman–Crippen LogP) is 5.07. The van der Waals surface area contributed by atoms with Crippen LogP contribution in [-0.2, 0) is 16.1 Å². The second kappa shape index (κ2) is 8.83. The Kier molecular flexibility index (Phi) is 5.80. The third kappa shape index (κ3) is 4.48. The maximum absolute atomic E-state index is 14.0. The minimum absolute atomic E-state index is 0.0560. The van der Waals surface area contributed by atoms with E-state index in [0.29, 0.717) is 23.7 Å². The second-order valence-corrected chi connectivity index (χ2v) is 6.94. The molecule has 156 valence electrons. The number of esters is 1. The van der Waals surface area contributed by atoms with Crippen LogP contribution in [0.15, 0.2) is 77.4 Å². The standard InChI is InChI=1S/C25H20FNO4/c1-16-7-3-4-8-18(16)15-30-22-12-11-17(14-23(22)29-2)13-21-25(28)31-24(27-21)19-9-5-6-10-20(19)26/h3-14H,15H2,1-2H3/b21-13-. The molecule has 1 aliphatic heterocycles. The lowest BCUT2D eigenvalue weighted by molar-refractivity contribution is -0.129. The first-order valence-corrected chi connectivity index (χ1v) is 9.68. The number of halogens is 1. The van der Waals surface area contributed by atoms with Gasteiger partial charge in [0.2, 0.25) is 5.90 Å². The van der Waals surface area contributed by atoms with Crippen LogP contribution >= 0.6 is 0 Å². The summed E-state index contributed by atoms with van der Waals surface area (Å²) < 4.78 is 30.5. The number of rotatable bonds is 6. The lowest BCUT2D eigenvalue weighted by Crippen LogP contribution is -2.07. The van der Waals surface area contributed by atoms with Crippen molar-refractivity contribution in [1.82, 2.24) is 0 Å². The summed E-state index contributed by atoms with van der Waals surface area (Å²) >= 11 is 0. The number of cyclic esters (lactones) is 1. The zero-order valence-electron chi connectivity index (χ0n) is 17.1. The molecule has 0 N–H and O–H groups in total. The van der Waals surface area contributed by atoms with E-state index in [9.17, 15) is 9.18 Å². The van der Waals surface area contributed by atoms with Gasteiger partial charge < -0.3 is 14.2 Å². The summed E-state index contributed by atoms with van der Waals surface area (Å²) in [6.45, 7) is 2.44. The summed E-state index contributed by atoms with van der Waals surface area (Å²) in [5.41, 5.74) is 3.11. The second-order valence-electron chi connectivity index (χ2n) is 6.94. The van der Waals surface area contributed by atoms with Crippen molar-refractivity contribution >= 4 is 17.9 Å². The quantitative estimate of drug-likeness (QED) is 0.415. The number of aliphatic imine (C=N–C) groups is 1. The van der Waals surface area contributed by atoms with Gasteiger partial charge in [-0.25, -0.2) is 14.2 Å². The number of methoxy groups -OCH3 is 1. The Labute approximate surface area is 179 Å². The highest BCUT2D eigenvalue weighted by molar-refractivity contribution is 6.12. The first kappa shape index (κ1) is 20.3. The SMILES string of the molecule is COc1cc(/C=C2\N=C(c3ccccc3F)OC2=O)ccc1OCc1ccccc1C. The van der Waals surface area contributed by atoms with Crippen molar-refractivity contribution in [3.8, 4) is 11.5 Å². The van der Waals surface area contributed by atoms with Gasteiger partial charge in [0.25, 0.3) is 0 Å². The van der Waals surface area contributed by atoms with E-state index in [-0.39, 0.29) is 17.2 Å². The topological polar surface area (TPSA) is 57.1 Å². The molecule has 3 aromatic rings.